The minimum Gasteiger partial charge on any atom is -0.297 e. The van der Waals surface area contributed by atoms with Gasteiger partial charge < -0.3 is 0 Å². The van der Waals surface area contributed by atoms with Crippen molar-refractivity contribution in [1.29, 1.82) is 0 Å². The Morgan fingerprint density at radius 2 is 2.50 bits per heavy atom. The molecular formula is C5H8N4O. The highest BCUT2D eigenvalue weighted by molar-refractivity contribution is 5.89. The van der Waals surface area contributed by atoms with Gasteiger partial charge in [-0.25, -0.2) is 0 Å². The van der Waals surface area contributed by atoms with Gasteiger partial charge in [0.1, 0.15) is 0 Å². The Kier molecular flexibility index (Phi) is 1.66. The molecule has 0 aliphatic heterocycles. The third-order valence-electron chi connectivity index (χ3n) is 1.22. The Morgan fingerprint density at radius 1 is 1.80 bits per heavy atom. The number of rotatable bonds is 1. The minimum absolute atomic E-state index is 0.0612. The normalized spacial score (nSPS) is 9.40. The molecule has 5 heteroatoms. The van der Waals surface area contributed by atoms with Crippen molar-refractivity contribution in [3.63, 3.8) is 0 Å². The van der Waals surface area contributed by atoms with Gasteiger partial charge in [-0.2, -0.15) is 0 Å². The number of carbonyl (C=O) groups excluding carboxylic acids is 1. The summed E-state index contributed by atoms with van der Waals surface area (Å²) in [5.74, 6) is 0.474. The summed E-state index contributed by atoms with van der Waals surface area (Å²) in [6.07, 6.45) is 1.56. The second-order valence-corrected chi connectivity index (χ2v) is 1.91. The van der Waals surface area contributed by atoms with Crippen LogP contribution in [0.3, 0.4) is 0 Å². The largest absolute Gasteiger partial charge is 0.297 e. The molecule has 0 spiro atoms. The van der Waals surface area contributed by atoms with Gasteiger partial charge in [0, 0.05) is 14.0 Å². The number of amides is 1. The fourth-order valence-corrected chi connectivity index (χ4v) is 0.521. The first-order valence-corrected chi connectivity index (χ1v) is 2.82. The van der Waals surface area contributed by atoms with Gasteiger partial charge in [-0.1, -0.05) is 5.21 Å². The van der Waals surface area contributed by atoms with Crippen LogP contribution in [0, 0.1) is 0 Å². The van der Waals surface area contributed by atoms with E-state index < -0.39 is 0 Å². The molecule has 0 bridgehead atoms. The van der Waals surface area contributed by atoms with Gasteiger partial charge in [0.05, 0.1) is 6.20 Å². The van der Waals surface area contributed by atoms with E-state index >= 15 is 0 Å². The van der Waals surface area contributed by atoms with Gasteiger partial charge in [0.2, 0.25) is 5.91 Å². The number of aromatic nitrogens is 3. The van der Waals surface area contributed by atoms with Crippen LogP contribution in [0.5, 0.6) is 0 Å². The molecular weight excluding hydrogens is 132 g/mol. The molecule has 1 heterocycles. The number of anilines is 1. The van der Waals surface area contributed by atoms with Crippen LogP contribution in [0.4, 0.5) is 5.82 Å². The second-order valence-electron chi connectivity index (χ2n) is 1.91. The molecule has 54 valence electrons. The Hall–Kier alpha value is -1.39. The topological polar surface area (TPSA) is 61.9 Å². The molecule has 5 nitrogen and oxygen atoms in total. The average Bonchev–Trinajstić information content (AvgIpc) is 2.36. The van der Waals surface area contributed by atoms with E-state index in [0.717, 1.165) is 0 Å². The molecule has 0 atom stereocenters. The number of hydrogen-bond acceptors (Lipinski definition) is 3. The minimum atomic E-state index is -0.0612. The van der Waals surface area contributed by atoms with Crippen molar-refractivity contribution in [3.8, 4) is 0 Å². The first-order valence-electron chi connectivity index (χ1n) is 2.82. The highest BCUT2D eigenvalue weighted by atomic mass is 16.2. The zero-order valence-electron chi connectivity index (χ0n) is 5.83. The molecule has 0 aliphatic rings. The van der Waals surface area contributed by atoms with Crippen LogP contribution in [-0.4, -0.2) is 28.4 Å². The maximum absolute atomic E-state index is 10.7. The summed E-state index contributed by atoms with van der Waals surface area (Å²) in [4.78, 5) is 12.1. The fourth-order valence-electron chi connectivity index (χ4n) is 0.521. The molecule has 0 radical (unpaired) electrons. The van der Waals surface area contributed by atoms with E-state index in [1.165, 1.54) is 11.8 Å². The molecule has 1 amide bonds. The van der Waals surface area contributed by atoms with Crippen LogP contribution in [0.1, 0.15) is 6.92 Å². The SMILES string of the molecule is CC(=O)N(C)c1c[nH]nn1. The first-order chi connectivity index (χ1) is 4.72. The van der Waals surface area contributed by atoms with E-state index in [2.05, 4.69) is 15.4 Å². The third kappa shape index (κ3) is 1.12. The van der Waals surface area contributed by atoms with Crippen molar-refractivity contribution in [2.75, 3.05) is 11.9 Å². The van der Waals surface area contributed by atoms with Crippen molar-refractivity contribution in [3.05, 3.63) is 6.20 Å². The summed E-state index contributed by atoms with van der Waals surface area (Å²) in [5, 5.41) is 9.60. The summed E-state index contributed by atoms with van der Waals surface area (Å²) in [6.45, 7) is 1.47. The molecule has 1 aromatic heterocycles. The Bertz CT molecular complexity index is 218. The number of hydrogen-bond donors (Lipinski definition) is 1. The zero-order chi connectivity index (χ0) is 7.56. The Morgan fingerprint density at radius 3 is 2.90 bits per heavy atom. The molecule has 0 aromatic carbocycles. The van der Waals surface area contributed by atoms with E-state index in [9.17, 15) is 4.79 Å². The third-order valence-corrected chi connectivity index (χ3v) is 1.22. The van der Waals surface area contributed by atoms with Crippen LogP contribution in [-0.2, 0) is 4.79 Å². The van der Waals surface area contributed by atoms with Gasteiger partial charge in [0.25, 0.3) is 0 Å². The molecule has 0 saturated heterocycles. The predicted molar refractivity (Wildman–Crippen MR) is 35.5 cm³/mol. The van der Waals surface area contributed by atoms with Gasteiger partial charge in [0.15, 0.2) is 5.82 Å². The van der Waals surface area contributed by atoms with Crippen molar-refractivity contribution in [2.24, 2.45) is 0 Å². The van der Waals surface area contributed by atoms with Gasteiger partial charge >= 0.3 is 0 Å². The van der Waals surface area contributed by atoms with Crippen LogP contribution in [0.2, 0.25) is 0 Å². The number of carbonyl (C=O) groups is 1. The monoisotopic (exact) mass is 140 g/mol. The number of aromatic amines is 1. The maximum atomic E-state index is 10.7. The fraction of sp³-hybridized carbons (Fsp3) is 0.400. The first kappa shape index (κ1) is 6.73. The lowest BCUT2D eigenvalue weighted by Gasteiger charge is -2.08. The summed E-state index contributed by atoms with van der Waals surface area (Å²) >= 11 is 0. The summed E-state index contributed by atoms with van der Waals surface area (Å²) in [7, 11) is 1.64. The van der Waals surface area contributed by atoms with Crippen LogP contribution in [0.25, 0.3) is 0 Å². The lowest BCUT2D eigenvalue weighted by Crippen LogP contribution is -2.22. The Balaban J connectivity index is 2.77. The second kappa shape index (κ2) is 2.47. The number of nitrogens with zero attached hydrogens (tertiary/aromatic N) is 3. The average molecular weight is 140 g/mol. The summed E-state index contributed by atoms with van der Waals surface area (Å²) < 4.78 is 0. The van der Waals surface area contributed by atoms with E-state index in [0.29, 0.717) is 5.82 Å². The van der Waals surface area contributed by atoms with E-state index in [4.69, 9.17) is 0 Å². The summed E-state index contributed by atoms with van der Waals surface area (Å²) in [5.41, 5.74) is 0. The molecule has 0 aliphatic carbocycles. The molecule has 1 rings (SSSR count). The lowest BCUT2D eigenvalue weighted by atomic mass is 10.5. The molecule has 0 fully saturated rings. The standard InChI is InChI=1S/C5H8N4O/c1-4(10)9(2)5-3-6-8-7-5/h3H,1-2H3,(H,6,7,8). The summed E-state index contributed by atoms with van der Waals surface area (Å²) in [6, 6.07) is 0. The molecule has 10 heavy (non-hydrogen) atoms. The van der Waals surface area contributed by atoms with Crippen LogP contribution < -0.4 is 4.90 Å². The quantitative estimate of drug-likeness (QED) is 0.587. The highest BCUT2D eigenvalue weighted by Gasteiger charge is 2.06. The van der Waals surface area contributed by atoms with E-state index in [1.54, 1.807) is 13.2 Å². The van der Waals surface area contributed by atoms with Gasteiger partial charge in [-0.3, -0.25) is 14.8 Å². The van der Waals surface area contributed by atoms with Gasteiger partial charge in [-0.15, -0.1) is 5.10 Å². The predicted octanol–water partition coefficient (Wildman–Crippen LogP) is -0.213. The van der Waals surface area contributed by atoms with Crippen molar-refractivity contribution in [1.82, 2.24) is 15.4 Å². The number of nitrogens with one attached hydrogen (secondary N) is 1. The van der Waals surface area contributed by atoms with E-state index in [-0.39, 0.29) is 5.91 Å². The van der Waals surface area contributed by atoms with Gasteiger partial charge in [-0.05, 0) is 0 Å². The van der Waals surface area contributed by atoms with Crippen molar-refractivity contribution >= 4 is 11.7 Å². The smallest absolute Gasteiger partial charge is 0.224 e. The Labute approximate surface area is 58.0 Å². The van der Waals surface area contributed by atoms with Crippen molar-refractivity contribution < 1.29 is 4.79 Å². The van der Waals surface area contributed by atoms with E-state index in [1.807, 2.05) is 0 Å². The van der Waals surface area contributed by atoms with Crippen LogP contribution in [0.15, 0.2) is 6.20 Å². The molecule has 1 aromatic rings. The zero-order valence-corrected chi connectivity index (χ0v) is 5.83. The van der Waals surface area contributed by atoms with Crippen molar-refractivity contribution in [2.45, 2.75) is 6.92 Å². The number of H-pyrrole nitrogens is 1. The maximum Gasteiger partial charge on any atom is 0.224 e. The molecule has 1 N–H and O–H groups in total. The molecule has 0 unspecified atom stereocenters. The molecule has 0 saturated carbocycles. The highest BCUT2D eigenvalue weighted by Crippen LogP contribution is 2.02. The lowest BCUT2D eigenvalue weighted by molar-refractivity contribution is -0.116. The van der Waals surface area contributed by atoms with Crippen LogP contribution >= 0.6 is 0 Å².